The van der Waals surface area contributed by atoms with E-state index in [-0.39, 0.29) is 17.6 Å². The van der Waals surface area contributed by atoms with Crippen LogP contribution in [0.2, 0.25) is 5.02 Å². The summed E-state index contributed by atoms with van der Waals surface area (Å²) in [5.74, 6) is -1.60. The number of hydrogen-bond acceptors (Lipinski definition) is 1. The van der Waals surface area contributed by atoms with Gasteiger partial charge in [-0.1, -0.05) is 30.7 Å². The van der Waals surface area contributed by atoms with Crippen LogP contribution in [0.3, 0.4) is 0 Å². The van der Waals surface area contributed by atoms with Gasteiger partial charge in [-0.25, -0.2) is 8.78 Å². The number of hydrogen-bond donors (Lipinski definition) is 1. The molecule has 0 fully saturated rings. The molecule has 146 valence electrons. The molecular formula is C22H21ClF2N2O. The summed E-state index contributed by atoms with van der Waals surface area (Å²) >= 11 is 5.99. The van der Waals surface area contributed by atoms with E-state index in [0.29, 0.717) is 22.0 Å². The largest absolute Gasteiger partial charge is 0.350 e. The van der Waals surface area contributed by atoms with Crippen molar-refractivity contribution in [2.45, 2.75) is 33.2 Å². The number of halogens is 3. The molecule has 1 heterocycles. The van der Waals surface area contributed by atoms with Crippen molar-refractivity contribution in [3.63, 3.8) is 0 Å². The Morgan fingerprint density at radius 1 is 1.14 bits per heavy atom. The number of benzene rings is 2. The first-order valence-corrected chi connectivity index (χ1v) is 9.44. The Bertz CT molecular complexity index is 1010. The van der Waals surface area contributed by atoms with Gasteiger partial charge in [-0.2, -0.15) is 0 Å². The molecule has 3 rings (SSSR count). The lowest BCUT2D eigenvalue weighted by Crippen LogP contribution is -2.32. The van der Waals surface area contributed by atoms with Crippen LogP contribution in [0.25, 0.3) is 16.9 Å². The van der Waals surface area contributed by atoms with Crippen molar-refractivity contribution in [3.8, 4) is 16.9 Å². The Morgan fingerprint density at radius 2 is 1.82 bits per heavy atom. The van der Waals surface area contributed by atoms with Crippen LogP contribution in [0.15, 0.2) is 48.5 Å². The molecule has 0 unspecified atom stereocenters. The quantitative estimate of drug-likeness (QED) is 0.565. The molecule has 0 spiro atoms. The monoisotopic (exact) mass is 402 g/mol. The summed E-state index contributed by atoms with van der Waals surface area (Å²) in [5, 5.41) is 3.51. The van der Waals surface area contributed by atoms with Crippen molar-refractivity contribution in [1.29, 1.82) is 0 Å². The molecule has 0 saturated heterocycles. The first kappa shape index (κ1) is 20.1. The highest BCUT2D eigenvalue weighted by Gasteiger charge is 2.22. The summed E-state index contributed by atoms with van der Waals surface area (Å²) in [7, 11) is 0. The van der Waals surface area contributed by atoms with Crippen LogP contribution in [0.1, 0.15) is 36.3 Å². The van der Waals surface area contributed by atoms with Gasteiger partial charge in [0.25, 0.3) is 5.91 Å². The van der Waals surface area contributed by atoms with Crippen molar-refractivity contribution in [2.75, 3.05) is 0 Å². The first-order chi connectivity index (χ1) is 13.3. The summed E-state index contributed by atoms with van der Waals surface area (Å²) in [6, 6.07) is 12.2. The van der Waals surface area contributed by atoms with Crippen LogP contribution in [-0.4, -0.2) is 16.5 Å². The fourth-order valence-corrected chi connectivity index (χ4v) is 3.17. The molecule has 0 bridgehead atoms. The van der Waals surface area contributed by atoms with E-state index in [1.165, 1.54) is 12.1 Å². The van der Waals surface area contributed by atoms with Gasteiger partial charge in [0, 0.05) is 22.8 Å². The number of nitrogens with zero attached hydrogens (tertiary/aromatic N) is 1. The van der Waals surface area contributed by atoms with Gasteiger partial charge in [0.05, 0.1) is 16.9 Å². The van der Waals surface area contributed by atoms with E-state index in [2.05, 4.69) is 5.32 Å². The zero-order valence-corrected chi connectivity index (χ0v) is 16.6. The summed E-state index contributed by atoms with van der Waals surface area (Å²) in [4.78, 5) is 12.8. The molecule has 2 aromatic carbocycles. The van der Waals surface area contributed by atoms with Gasteiger partial charge in [-0.15, -0.1) is 0 Å². The molecule has 1 atom stereocenters. The van der Waals surface area contributed by atoms with Crippen molar-refractivity contribution in [1.82, 2.24) is 9.88 Å². The van der Waals surface area contributed by atoms with Crippen molar-refractivity contribution in [3.05, 3.63) is 76.4 Å². The van der Waals surface area contributed by atoms with Crippen LogP contribution < -0.4 is 5.32 Å². The van der Waals surface area contributed by atoms with E-state index in [9.17, 15) is 13.6 Å². The van der Waals surface area contributed by atoms with Gasteiger partial charge in [-0.05, 0) is 56.2 Å². The second-order valence-electron chi connectivity index (χ2n) is 6.75. The second-order valence-corrected chi connectivity index (χ2v) is 7.19. The summed E-state index contributed by atoms with van der Waals surface area (Å²) in [6.07, 6.45) is 0.794. The molecule has 1 aromatic heterocycles. The molecule has 0 aliphatic carbocycles. The second kappa shape index (κ2) is 8.15. The van der Waals surface area contributed by atoms with Gasteiger partial charge in [0.1, 0.15) is 11.6 Å². The molecule has 0 radical (unpaired) electrons. The fraction of sp³-hybridized carbons (Fsp3) is 0.227. The lowest BCUT2D eigenvalue weighted by Gasteiger charge is -2.14. The lowest BCUT2D eigenvalue weighted by atomic mass is 10.1. The van der Waals surface area contributed by atoms with E-state index in [1.807, 2.05) is 13.8 Å². The standard InChI is InChI=1S/C22H21ClF2N2O/c1-4-13(2)26-22(28)18-12-21(15-5-7-16(23)8-6-15)27(14(18)3)20-10-9-17(24)11-19(20)25/h5-13H,4H2,1-3H3,(H,26,28)/t13-/m0/s1. The number of carbonyl (C=O) groups excluding carboxylic acids is 1. The van der Waals surface area contributed by atoms with Gasteiger partial charge in [-0.3, -0.25) is 4.79 Å². The highest BCUT2D eigenvalue weighted by molar-refractivity contribution is 6.30. The third-order valence-corrected chi connectivity index (χ3v) is 5.02. The maximum absolute atomic E-state index is 14.6. The summed E-state index contributed by atoms with van der Waals surface area (Å²) < 4.78 is 29.6. The number of aromatic nitrogens is 1. The van der Waals surface area contributed by atoms with E-state index in [0.717, 1.165) is 18.1 Å². The lowest BCUT2D eigenvalue weighted by molar-refractivity contribution is 0.0938. The topological polar surface area (TPSA) is 34.0 Å². The fourth-order valence-electron chi connectivity index (χ4n) is 3.05. The van der Waals surface area contributed by atoms with Gasteiger partial charge in [0.15, 0.2) is 0 Å². The van der Waals surface area contributed by atoms with E-state index < -0.39 is 11.6 Å². The molecule has 28 heavy (non-hydrogen) atoms. The Labute approximate surface area is 168 Å². The molecule has 6 heteroatoms. The Hall–Kier alpha value is -2.66. The highest BCUT2D eigenvalue weighted by atomic mass is 35.5. The van der Waals surface area contributed by atoms with Crippen LogP contribution in [-0.2, 0) is 0 Å². The molecule has 1 amide bonds. The smallest absolute Gasteiger partial charge is 0.253 e. The van der Waals surface area contributed by atoms with Crippen LogP contribution >= 0.6 is 11.6 Å². The van der Waals surface area contributed by atoms with Crippen LogP contribution in [0.5, 0.6) is 0 Å². The first-order valence-electron chi connectivity index (χ1n) is 9.06. The third-order valence-electron chi connectivity index (χ3n) is 4.77. The number of nitrogens with one attached hydrogen (secondary N) is 1. The molecule has 0 aliphatic heterocycles. The predicted octanol–water partition coefficient (Wildman–Crippen LogP) is 5.91. The maximum Gasteiger partial charge on any atom is 0.253 e. The number of amides is 1. The third kappa shape index (κ3) is 3.94. The SMILES string of the molecule is CC[C@H](C)NC(=O)c1cc(-c2ccc(Cl)cc2)n(-c2ccc(F)cc2F)c1C. The zero-order valence-electron chi connectivity index (χ0n) is 15.9. The number of carbonyl (C=O) groups is 1. The van der Waals surface area contributed by atoms with Gasteiger partial charge >= 0.3 is 0 Å². The highest BCUT2D eigenvalue weighted by Crippen LogP contribution is 2.31. The predicted molar refractivity (Wildman–Crippen MR) is 108 cm³/mol. The zero-order chi connectivity index (χ0) is 20.4. The summed E-state index contributed by atoms with van der Waals surface area (Å²) in [6.45, 7) is 5.65. The van der Waals surface area contributed by atoms with Crippen molar-refractivity contribution >= 4 is 17.5 Å². The Morgan fingerprint density at radius 3 is 2.43 bits per heavy atom. The molecule has 1 N–H and O–H groups in total. The average Bonchev–Trinajstić information content (AvgIpc) is 2.99. The average molecular weight is 403 g/mol. The molecule has 0 saturated carbocycles. The molecule has 3 aromatic rings. The van der Waals surface area contributed by atoms with Crippen molar-refractivity contribution in [2.24, 2.45) is 0 Å². The van der Waals surface area contributed by atoms with Crippen LogP contribution in [0.4, 0.5) is 8.78 Å². The molecule has 3 nitrogen and oxygen atoms in total. The molecular weight excluding hydrogens is 382 g/mol. The Kier molecular flexibility index (Phi) is 5.84. The van der Waals surface area contributed by atoms with E-state index in [1.54, 1.807) is 41.8 Å². The van der Waals surface area contributed by atoms with Crippen molar-refractivity contribution < 1.29 is 13.6 Å². The Balaban J connectivity index is 2.20. The number of rotatable bonds is 5. The van der Waals surface area contributed by atoms with E-state index >= 15 is 0 Å². The minimum absolute atomic E-state index is 0.0109. The van der Waals surface area contributed by atoms with Gasteiger partial charge in [0.2, 0.25) is 0 Å². The van der Waals surface area contributed by atoms with Gasteiger partial charge < -0.3 is 9.88 Å². The minimum Gasteiger partial charge on any atom is -0.350 e. The normalized spacial score (nSPS) is 12.1. The molecule has 0 aliphatic rings. The maximum atomic E-state index is 14.6. The minimum atomic E-state index is -0.706. The van der Waals surface area contributed by atoms with E-state index in [4.69, 9.17) is 11.6 Å². The van der Waals surface area contributed by atoms with Crippen LogP contribution in [0, 0.1) is 18.6 Å². The summed E-state index contributed by atoms with van der Waals surface area (Å²) in [5.41, 5.74) is 2.56.